The van der Waals surface area contributed by atoms with E-state index in [1.54, 1.807) is 0 Å². The van der Waals surface area contributed by atoms with Crippen molar-refractivity contribution in [2.75, 3.05) is 0 Å². The van der Waals surface area contributed by atoms with E-state index in [1.807, 2.05) is 0 Å². The second-order valence-electron chi connectivity index (χ2n) is 2.63. The molecule has 0 saturated carbocycles. The lowest BCUT2D eigenvalue weighted by Crippen LogP contribution is -2.08. The Morgan fingerprint density at radius 3 is 2.00 bits per heavy atom. The molecular weight excluding hydrogens is 160 g/mol. The number of hydrogen-bond acceptors (Lipinski definition) is 0. The molecule has 10 heavy (non-hydrogen) atoms. The van der Waals surface area contributed by atoms with E-state index in [-0.39, 0.29) is 0 Å². The second kappa shape index (κ2) is 3.22. The molecule has 0 N–H and O–H groups in total. The van der Waals surface area contributed by atoms with Gasteiger partial charge in [-0.25, -0.2) is 0 Å². The van der Waals surface area contributed by atoms with Crippen LogP contribution in [0, 0.1) is 13.8 Å². The van der Waals surface area contributed by atoms with E-state index >= 15 is 0 Å². The monoisotopic (exact) mass is 170 g/mol. The maximum Gasteiger partial charge on any atom is 0.155 e. The van der Waals surface area contributed by atoms with Crippen molar-refractivity contribution in [3.63, 3.8) is 0 Å². The molecule has 0 bridgehead atoms. The smallest absolute Gasteiger partial charge is 0.155 e. The third-order valence-corrected chi connectivity index (χ3v) is 3.08. The van der Waals surface area contributed by atoms with Gasteiger partial charge in [0, 0.05) is 0 Å². The Kier molecular flexibility index (Phi) is 2.52. The molecule has 1 aromatic rings. The maximum atomic E-state index is 5.81. The Morgan fingerprint density at radius 1 is 1.10 bits per heavy atom. The molecule has 0 saturated heterocycles. The van der Waals surface area contributed by atoms with Gasteiger partial charge in [-0.3, -0.25) is 0 Å². The maximum absolute atomic E-state index is 5.81. The average Bonchev–Trinajstić information content (AvgIpc) is 1.85. The van der Waals surface area contributed by atoms with Crippen LogP contribution in [0.1, 0.15) is 11.1 Å². The van der Waals surface area contributed by atoms with Gasteiger partial charge >= 0.3 is 0 Å². The summed E-state index contributed by atoms with van der Waals surface area (Å²) in [5.41, 5.74) is 2.64. The van der Waals surface area contributed by atoms with E-state index in [2.05, 4.69) is 32.0 Å². The summed E-state index contributed by atoms with van der Waals surface area (Å²) < 4.78 is 0. The fraction of sp³-hybridized carbons (Fsp3) is 0.250. The first-order chi connectivity index (χ1) is 4.72. The van der Waals surface area contributed by atoms with Gasteiger partial charge in [0.2, 0.25) is 0 Å². The van der Waals surface area contributed by atoms with Crippen molar-refractivity contribution in [1.82, 2.24) is 0 Å². The fourth-order valence-electron chi connectivity index (χ4n) is 1.15. The average molecular weight is 171 g/mol. The molecule has 0 heterocycles. The molecule has 0 aliphatic carbocycles. The summed E-state index contributed by atoms with van der Waals surface area (Å²) in [4.78, 5) is 0. The van der Waals surface area contributed by atoms with Crippen molar-refractivity contribution in [2.45, 2.75) is 13.8 Å². The minimum absolute atomic E-state index is 0.479. The van der Waals surface area contributed by atoms with E-state index in [0.29, 0.717) is 0 Å². The van der Waals surface area contributed by atoms with Crippen molar-refractivity contribution in [3.8, 4) is 0 Å². The number of aryl methyl sites for hydroxylation is 2. The van der Waals surface area contributed by atoms with Gasteiger partial charge < -0.3 is 0 Å². The molecule has 0 amide bonds. The van der Waals surface area contributed by atoms with E-state index in [0.717, 1.165) is 0 Å². The lowest BCUT2D eigenvalue weighted by atomic mass is 10.2. The molecule has 54 valence electrons. The molecule has 0 aromatic heterocycles. The standard InChI is InChI=1S/C8H11ClSi/c1-6-3-7(2)5-8(4-6)10-9/h3-5H,10H2,1-2H3. The summed E-state index contributed by atoms with van der Waals surface area (Å²) in [5, 5.41) is 1.35. The summed E-state index contributed by atoms with van der Waals surface area (Å²) >= 11 is 5.81. The summed E-state index contributed by atoms with van der Waals surface area (Å²) in [7, 11) is -0.479. The van der Waals surface area contributed by atoms with Gasteiger partial charge in [-0.15, -0.1) is 0 Å². The Bertz CT molecular complexity index is 212. The molecule has 0 spiro atoms. The first kappa shape index (κ1) is 7.83. The number of hydrogen-bond donors (Lipinski definition) is 0. The van der Waals surface area contributed by atoms with Crippen molar-refractivity contribution in [2.24, 2.45) is 0 Å². The molecule has 1 aromatic carbocycles. The Balaban J connectivity index is 3.06. The lowest BCUT2D eigenvalue weighted by molar-refractivity contribution is 1.40. The van der Waals surface area contributed by atoms with Crippen molar-refractivity contribution in [1.29, 1.82) is 0 Å². The van der Waals surface area contributed by atoms with E-state index in [4.69, 9.17) is 11.1 Å². The van der Waals surface area contributed by atoms with Crippen LogP contribution in [-0.4, -0.2) is 8.83 Å². The number of halogens is 1. The van der Waals surface area contributed by atoms with E-state index < -0.39 is 8.83 Å². The molecule has 0 fully saturated rings. The van der Waals surface area contributed by atoms with Crippen LogP contribution < -0.4 is 5.19 Å². The third kappa shape index (κ3) is 1.86. The zero-order valence-electron chi connectivity index (χ0n) is 6.32. The van der Waals surface area contributed by atoms with Crippen molar-refractivity contribution >= 4 is 25.1 Å². The Morgan fingerprint density at radius 2 is 1.60 bits per heavy atom. The number of rotatable bonds is 1. The molecular formula is C8H11ClSi. The van der Waals surface area contributed by atoms with Crippen LogP contribution in [0.2, 0.25) is 0 Å². The van der Waals surface area contributed by atoms with Crippen LogP contribution in [0.5, 0.6) is 0 Å². The summed E-state index contributed by atoms with van der Waals surface area (Å²) in [6.45, 7) is 4.22. The molecule has 2 heteroatoms. The SMILES string of the molecule is Cc1cc(C)cc([SiH2]Cl)c1. The largest absolute Gasteiger partial charge is 0.170 e. The highest BCUT2D eigenvalue weighted by molar-refractivity contribution is 7.01. The molecule has 0 aliphatic rings. The minimum atomic E-state index is -0.479. The van der Waals surface area contributed by atoms with Crippen LogP contribution >= 0.6 is 11.1 Å². The highest BCUT2D eigenvalue weighted by Crippen LogP contribution is 1.99. The fourth-order valence-corrected chi connectivity index (χ4v) is 2.41. The van der Waals surface area contributed by atoms with Crippen LogP contribution in [0.3, 0.4) is 0 Å². The Hall–Kier alpha value is -0.273. The van der Waals surface area contributed by atoms with Crippen molar-refractivity contribution < 1.29 is 0 Å². The molecule has 0 nitrogen and oxygen atoms in total. The topological polar surface area (TPSA) is 0 Å². The summed E-state index contributed by atoms with van der Waals surface area (Å²) in [5.74, 6) is 0. The molecule has 0 atom stereocenters. The molecule has 1 rings (SSSR count). The highest BCUT2D eigenvalue weighted by Gasteiger charge is 1.92. The second-order valence-corrected chi connectivity index (χ2v) is 4.52. The van der Waals surface area contributed by atoms with Crippen LogP contribution in [-0.2, 0) is 0 Å². The number of benzene rings is 1. The predicted molar refractivity (Wildman–Crippen MR) is 49.9 cm³/mol. The Labute approximate surface area is 68.7 Å². The molecule has 0 unspecified atom stereocenters. The zero-order valence-corrected chi connectivity index (χ0v) is 8.49. The van der Waals surface area contributed by atoms with Crippen LogP contribution in [0.4, 0.5) is 0 Å². The predicted octanol–water partition coefficient (Wildman–Crippen LogP) is 1.25. The van der Waals surface area contributed by atoms with Gasteiger partial charge in [0.05, 0.1) is 0 Å². The highest BCUT2D eigenvalue weighted by atomic mass is 35.6. The van der Waals surface area contributed by atoms with Gasteiger partial charge in [-0.2, -0.15) is 11.1 Å². The quantitative estimate of drug-likeness (QED) is 0.440. The van der Waals surface area contributed by atoms with Crippen LogP contribution in [0.15, 0.2) is 18.2 Å². The van der Waals surface area contributed by atoms with E-state index in [1.165, 1.54) is 16.3 Å². The molecule has 0 radical (unpaired) electrons. The first-order valence-corrected chi connectivity index (χ1v) is 6.20. The minimum Gasteiger partial charge on any atom is -0.170 e. The van der Waals surface area contributed by atoms with Gasteiger partial charge in [0.1, 0.15) is 0 Å². The molecule has 0 aliphatic heterocycles. The van der Waals surface area contributed by atoms with Gasteiger partial charge in [-0.05, 0) is 19.0 Å². The van der Waals surface area contributed by atoms with Gasteiger partial charge in [0.15, 0.2) is 8.83 Å². The normalized spacial score (nSPS) is 11.1. The summed E-state index contributed by atoms with van der Waals surface area (Å²) in [6.07, 6.45) is 0. The van der Waals surface area contributed by atoms with Crippen LogP contribution in [0.25, 0.3) is 0 Å². The summed E-state index contributed by atoms with van der Waals surface area (Å²) in [6, 6.07) is 6.52. The lowest BCUT2D eigenvalue weighted by Gasteiger charge is -1.99. The zero-order chi connectivity index (χ0) is 7.56. The van der Waals surface area contributed by atoms with Gasteiger partial charge in [0.25, 0.3) is 0 Å². The van der Waals surface area contributed by atoms with Crippen molar-refractivity contribution in [3.05, 3.63) is 29.3 Å². The third-order valence-electron chi connectivity index (χ3n) is 1.44. The van der Waals surface area contributed by atoms with E-state index in [9.17, 15) is 0 Å². The first-order valence-electron chi connectivity index (χ1n) is 3.35. The van der Waals surface area contributed by atoms with Gasteiger partial charge in [-0.1, -0.05) is 29.3 Å².